The lowest BCUT2D eigenvalue weighted by atomic mass is 9.70. The van der Waals surface area contributed by atoms with Crippen LogP contribution in [0.15, 0.2) is 18.3 Å². The third-order valence-corrected chi connectivity index (χ3v) is 5.27. The van der Waals surface area contributed by atoms with Crippen LogP contribution >= 0.6 is 0 Å². The zero-order valence-electron chi connectivity index (χ0n) is 11.8. The molecule has 0 aliphatic heterocycles. The number of pyridine rings is 1. The van der Waals surface area contributed by atoms with E-state index in [1.165, 1.54) is 18.4 Å². The average molecular weight is 257 g/mol. The van der Waals surface area contributed by atoms with E-state index in [0.717, 1.165) is 44.2 Å². The first-order chi connectivity index (χ1) is 9.27. The Labute approximate surface area is 115 Å². The molecule has 0 radical (unpaired) electrons. The molecule has 1 heterocycles. The molecule has 1 fully saturated rings. The Morgan fingerprint density at radius 1 is 1.37 bits per heavy atom. The summed E-state index contributed by atoms with van der Waals surface area (Å²) in [5.41, 5.74) is 2.35. The predicted molar refractivity (Wildman–Crippen MR) is 76.1 cm³/mol. The molecule has 0 spiro atoms. The number of aryl methyl sites for hydroxylation is 1. The van der Waals surface area contributed by atoms with E-state index in [4.69, 9.17) is 0 Å². The summed E-state index contributed by atoms with van der Waals surface area (Å²) in [5, 5.41) is 0. The number of aromatic nitrogens is 1. The van der Waals surface area contributed by atoms with Crippen molar-refractivity contribution in [3.8, 4) is 0 Å². The number of carbonyl (C=O) groups excluding carboxylic acids is 1. The molecule has 1 saturated carbocycles. The first-order valence-electron chi connectivity index (χ1n) is 7.75. The predicted octanol–water partition coefficient (Wildman–Crippen LogP) is 4.04. The van der Waals surface area contributed by atoms with Crippen molar-refractivity contribution in [1.29, 1.82) is 0 Å². The van der Waals surface area contributed by atoms with Crippen molar-refractivity contribution in [3.63, 3.8) is 0 Å². The van der Waals surface area contributed by atoms with Crippen LogP contribution in [0.25, 0.3) is 0 Å². The Morgan fingerprint density at radius 3 is 2.89 bits per heavy atom. The number of carbonyl (C=O) groups is 1. The van der Waals surface area contributed by atoms with Crippen molar-refractivity contribution in [2.45, 2.75) is 64.2 Å². The molecular formula is C17H23NO. The Bertz CT molecular complexity index is 474. The number of rotatable bonds is 3. The van der Waals surface area contributed by atoms with E-state index in [1.807, 2.05) is 12.3 Å². The van der Waals surface area contributed by atoms with Gasteiger partial charge in [-0.2, -0.15) is 0 Å². The first kappa shape index (κ1) is 12.8. The van der Waals surface area contributed by atoms with Gasteiger partial charge in [0.05, 0.1) is 11.6 Å². The Balaban J connectivity index is 1.93. The fraction of sp³-hybridized carbons (Fsp3) is 0.647. The van der Waals surface area contributed by atoms with E-state index < -0.39 is 0 Å². The highest BCUT2D eigenvalue weighted by Gasteiger charge is 2.44. The number of nitrogens with zero attached hydrogens (tertiary/aromatic N) is 1. The van der Waals surface area contributed by atoms with Crippen LogP contribution in [0.5, 0.6) is 0 Å². The molecule has 19 heavy (non-hydrogen) atoms. The fourth-order valence-corrected chi connectivity index (χ4v) is 4.06. The molecule has 3 rings (SSSR count). The highest BCUT2D eigenvalue weighted by atomic mass is 16.1. The molecular weight excluding hydrogens is 234 g/mol. The first-order valence-corrected chi connectivity index (χ1v) is 7.75. The minimum Gasteiger partial charge on any atom is -0.298 e. The number of hydrogen-bond acceptors (Lipinski definition) is 2. The second-order valence-corrected chi connectivity index (χ2v) is 6.20. The number of fused-ring (bicyclic) bond motifs is 1. The van der Waals surface area contributed by atoms with Gasteiger partial charge in [-0.15, -0.1) is 0 Å². The third-order valence-electron chi connectivity index (χ3n) is 5.27. The summed E-state index contributed by atoms with van der Waals surface area (Å²) < 4.78 is 0. The normalized spacial score (nSPS) is 25.0. The Kier molecular flexibility index (Phi) is 3.42. The lowest BCUT2D eigenvalue weighted by molar-refractivity contribution is -0.130. The van der Waals surface area contributed by atoms with E-state index in [9.17, 15) is 4.79 Å². The van der Waals surface area contributed by atoms with Crippen LogP contribution < -0.4 is 0 Å². The smallest absolute Gasteiger partial charge is 0.148 e. The molecule has 2 aliphatic rings. The minimum atomic E-state index is -0.0310. The number of Topliss-reactive ketones (excluding diaryl/α,β-unsaturated/α-hetero) is 1. The van der Waals surface area contributed by atoms with E-state index in [2.05, 4.69) is 18.0 Å². The van der Waals surface area contributed by atoms with Gasteiger partial charge >= 0.3 is 0 Å². The second-order valence-electron chi connectivity index (χ2n) is 6.20. The van der Waals surface area contributed by atoms with E-state index in [-0.39, 0.29) is 11.3 Å². The summed E-state index contributed by atoms with van der Waals surface area (Å²) in [6.45, 7) is 2.19. The standard InChI is InChI=1S/C17H23NO/c1-2-17(10-3-4-11-17)16(19)14-9-5-7-13-8-6-12-18-15(13)14/h6,8,12,14H,2-5,7,9-11H2,1H3. The molecule has 0 aromatic carbocycles. The van der Waals surface area contributed by atoms with Crippen LogP contribution in [-0.4, -0.2) is 10.8 Å². The molecule has 2 nitrogen and oxygen atoms in total. The summed E-state index contributed by atoms with van der Waals surface area (Å²) in [4.78, 5) is 17.6. The third kappa shape index (κ3) is 2.11. The summed E-state index contributed by atoms with van der Waals surface area (Å²) in [5.74, 6) is 0.565. The molecule has 1 aromatic rings. The monoisotopic (exact) mass is 257 g/mol. The van der Waals surface area contributed by atoms with Gasteiger partial charge in [0.25, 0.3) is 0 Å². The van der Waals surface area contributed by atoms with Crippen LogP contribution in [0.1, 0.15) is 69.0 Å². The highest BCUT2D eigenvalue weighted by Crippen LogP contribution is 2.47. The summed E-state index contributed by atoms with van der Waals surface area (Å²) in [6, 6.07) is 4.14. The van der Waals surface area contributed by atoms with Crippen LogP contribution in [0.4, 0.5) is 0 Å². The molecule has 102 valence electrons. The summed E-state index contributed by atoms with van der Waals surface area (Å²) >= 11 is 0. The quantitative estimate of drug-likeness (QED) is 0.818. The topological polar surface area (TPSA) is 30.0 Å². The maximum absolute atomic E-state index is 13.1. The van der Waals surface area contributed by atoms with Crippen molar-refractivity contribution < 1.29 is 4.79 Å². The van der Waals surface area contributed by atoms with Crippen molar-refractivity contribution in [3.05, 3.63) is 29.6 Å². The van der Waals surface area contributed by atoms with Crippen molar-refractivity contribution in [1.82, 2.24) is 4.98 Å². The van der Waals surface area contributed by atoms with E-state index >= 15 is 0 Å². The van der Waals surface area contributed by atoms with Crippen molar-refractivity contribution in [2.24, 2.45) is 5.41 Å². The summed E-state index contributed by atoms with van der Waals surface area (Å²) in [7, 11) is 0. The molecule has 2 aliphatic carbocycles. The van der Waals surface area contributed by atoms with Crippen molar-refractivity contribution in [2.75, 3.05) is 0 Å². The molecule has 1 atom stereocenters. The van der Waals surface area contributed by atoms with Gasteiger partial charge in [0.15, 0.2) is 0 Å². The molecule has 0 amide bonds. The lowest BCUT2D eigenvalue weighted by Gasteiger charge is -2.33. The number of hydrogen-bond donors (Lipinski definition) is 0. The largest absolute Gasteiger partial charge is 0.298 e. The van der Waals surface area contributed by atoms with Crippen LogP contribution in [0, 0.1) is 5.41 Å². The van der Waals surface area contributed by atoms with Crippen LogP contribution in [0.2, 0.25) is 0 Å². The number of ketones is 1. The zero-order chi connectivity index (χ0) is 13.3. The lowest BCUT2D eigenvalue weighted by Crippen LogP contribution is -2.34. The molecule has 0 bridgehead atoms. The molecule has 0 saturated heterocycles. The van der Waals surface area contributed by atoms with Gasteiger partial charge in [0.1, 0.15) is 5.78 Å². The van der Waals surface area contributed by atoms with Crippen molar-refractivity contribution >= 4 is 5.78 Å². The van der Waals surface area contributed by atoms with Gasteiger partial charge in [0, 0.05) is 11.6 Å². The maximum Gasteiger partial charge on any atom is 0.148 e. The fourth-order valence-electron chi connectivity index (χ4n) is 4.06. The molecule has 1 unspecified atom stereocenters. The zero-order valence-corrected chi connectivity index (χ0v) is 11.8. The molecule has 1 aromatic heterocycles. The average Bonchev–Trinajstić information content (AvgIpc) is 2.96. The van der Waals surface area contributed by atoms with Gasteiger partial charge in [0.2, 0.25) is 0 Å². The SMILES string of the molecule is CCC1(C(=O)C2CCCc3cccnc32)CCCC1. The molecule has 0 N–H and O–H groups in total. The van der Waals surface area contributed by atoms with Crippen LogP contribution in [0.3, 0.4) is 0 Å². The van der Waals surface area contributed by atoms with Crippen LogP contribution in [-0.2, 0) is 11.2 Å². The minimum absolute atomic E-state index is 0.0310. The van der Waals surface area contributed by atoms with E-state index in [0.29, 0.717) is 5.78 Å². The second kappa shape index (κ2) is 5.07. The van der Waals surface area contributed by atoms with Gasteiger partial charge in [-0.1, -0.05) is 25.8 Å². The Morgan fingerprint density at radius 2 is 2.16 bits per heavy atom. The van der Waals surface area contributed by atoms with Gasteiger partial charge < -0.3 is 0 Å². The van der Waals surface area contributed by atoms with Gasteiger partial charge in [-0.25, -0.2) is 0 Å². The maximum atomic E-state index is 13.1. The molecule has 2 heteroatoms. The Hall–Kier alpha value is -1.18. The summed E-state index contributed by atoms with van der Waals surface area (Å²) in [6.07, 6.45) is 10.7. The van der Waals surface area contributed by atoms with Gasteiger partial charge in [-0.3, -0.25) is 9.78 Å². The highest BCUT2D eigenvalue weighted by molar-refractivity contribution is 5.91. The van der Waals surface area contributed by atoms with E-state index in [1.54, 1.807) is 0 Å². The van der Waals surface area contributed by atoms with Gasteiger partial charge in [-0.05, 0) is 50.2 Å².